The van der Waals surface area contributed by atoms with Crippen LogP contribution in [0.4, 0.5) is 0 Å². The summed E-state index contributed by atoms with van der Waals surface area (Å²) in [4.78, 5) is 16.0. The quantitative estimate of drug-likeness (QED) is 0.209. The first-order valence-electron chi connectivity index (χ1n) is 11.8. The van der Waals surface area contributed by atoms with Gasteiger partial charge < -0.3 is 25.4 Å². The van der Waals surface area contributed by atoms with Gasteiger partial charge in [-0.25, -0.2) is 4.98 Å². The second-order valence-electron chi connectivity index (χ2n) is 8.52. The van der Waals surface area contributed by atoms with Crippen molar-refractivity contribution in [1.29, 1.82) is 0 Å². The van der Waals surface area contributed by atoms with E-state index in [0.717, 1.165) is 16.1 Å². The molecule has 0 saturated heterocycles. The summed E-state index contributed by atoms with van der Waals surface area (Å²) in [5.41, 5.74) is 7.39. The van der Waals surface area contributed by atoms with Crippen molar-refractivity contribution in [2.24, 2.45) is 5.73 Å². The van der Waals surface area contributed by atoms with Gasteiger partial charge in [0.25, 0.3) is 5.91 Å². The van der Waals surface area contributed by atoms with Gasteiger partial charge in [-0.2, -0.15) is 0 Å². The fourth-order valence-electron chi connectivity index (χ4n) is 3.76. The zero-order chi connectivity index (χ0) is 26.2. The summed E-state index contributed by atoms with van der Waals surface area (Å²) in [6.07, 6.45) is 0.415. The molecule has 4 aromatic rings. The molecule has 0 aliphatic carbocycles. The minimum Gasteiger partial charge on any atom is -0.507 e. The lowest BCUT2D eigenvalue weighted by molar-refractivity contribution is 0.0201. The number of rotatable bonds is 12. The standard InChI is InChI=1S/C28H29N3O5S/c1-18(32)27(36-21-9-7-20(8-10-21)28-30-13-14-37-28)31-17-23(15-19-5-3-2-4-6-19)35-22-11-12-25(33)24(16-22)26(29)34/h2-14,16,18,23,27,31-33H,15,17H2,1H3,(H2,29,34). The average Bonchev–Trinajstić information content (AvgIpc) is 3.43. The highest BCUT2D eigenvalue weighted by Gasteiger charge is 2.21. The SMILES string of the molecule is CC(O)C(NCC(Cc1ccccc1)Oc1ccc(O)c(C(N)=O)c1)Oc1ccc(-c2nccs2)cc1. The van der Waals surface area contributed by atoms with E-state index in [1.807, 2.05) is 60.0 Å². The van der Waals surface area contributed by atoms with E-state index in [1.165, 1.54) is 12.1 Å². The number of carbonyl (C=O) groups excluding carboxylic acids is 1. The first-order valence-corrected chi connectivity index (χ1v) is 12.7. The molecule has 9 heteroatoms. The van der Waals surface area contributed by atoms with Crippen LogP contribution in [0.1, 0.15) is 22.8 Å². The number of nitrogens with zero attached hydrogens (tertiary/aromatic N) is 1. The second kappa shape index (κ2) is 12.4. The summed E-state index contributed by atoms with van der Waals surface area (Å²) in [6.45, 7) is 1.97. The fraction of sp³-hybridized carbons (Fsp3) is 0.214. The maximum atomic E-state index is 11.6. The molecular formula is C28H29N3O5S. The monoisotopic (exact) mass is 519 g/mol. The van der Waals surface area contributed by atoms with Crippen LogP contribution in [-0.2, 0) is 6.42 Å². The Morgan fingerprint density at radius 2 is 1.78 bits per heavy atom. The number of aromatic hydroxyl groups is 1. The number of phenols is 1. The molecule has 0 aliphatic rings. The summed E-state index contributed by atoms with van der Waals surface area (Å²) in [6, 6.07) is 21.7. The predicted molar refractivity (Wildman–Crippen MR) is 143 cm³/mol. The number of nitrogens with two attached hydrogens (primary N) is 1. The molecule has 0 radical (unpaired) electrons. The number of primary amides is 1. The number of hydrogen-bond donors (Lipinski definition) is 4. The zero-order valence-corrected chi connectivity index (χ0v) is 21.1. The van der Waals surface area contributed by atoms with E-state index in [4.69, 9.17) is 15.2 Å². The van der Waals surface area contributed by atoms with Gasteiger partial charge in [0.2, 0.25) is 0 Å². The van der Waals surface area contributed by atoms with E-state index in [0.29, 0.717) is 24.5 Å². The van der Waals surface area contributed by atoms with Crippen LogP contribution in [0.15, 0.2) is 84.4 Å². The number of amides is 1. The number of nitrogens with one attached hydrogen (secondary N) is 1. The van der Waals surface area contributed by atoms with Crippen molar-refractivity contribution in [1.82, 2.24) is 10.3 Å². The molecule has 1 amide bonds. The van der Waals surface area contributed by atoms with Gasteiger partial charge in [0.05, 0.1) is 5.56 Å². The number of carbonyl (C=O) groups is 1. The molecule has 3 unspecified atom stereocenters. The van der Waals surface area contributed by atoms with Gasteiger partial charge in [0.15, 0.2) is 6.23 Å². The Morgan fingerprint density at radius 3 is 2.43 bits per heavy atom. The number of hydrogen-bond acceptors (Lipinski definition) is 8. The Kier molecular flexibility index (Phi) is 8.73. The lowest BCUT2D eigenvalue weighted by Crippen LogP contribution is -2.47. The van der Waals surface area contributed by atoms with Gasteiger partial charge in [-0.1, -0.05) is 30.3 Å². The van der Waals surface area contributed by atoms with Gasteiger partial charge in [-0.3, -0.25) is 10.1 Å². The van der Waals surface area contributed by atoms with Gasteiger partial charge >= 0.3 is 0 Å². The Labute approximate surface area is 219 Å². The largest absolute Gasteiger partial charge is 0.507 e. The van der Waals surface area contributed by atoms with Crippen LogP contribution in [-0.4, -0.2) is 46.1 Å². The van der Waals surface area contributed by atoms with Crippen molar-refractivity contribution < 1.29 is 24.5 Å². The summed E-state index contributed by atoms with van der Waals surface area (Å²) in [5, 5.41) is 26.4. The van der Waals surface area contributed by atoms with Crippen LogP contribution in [0.2, 0.25) is 0 Å². The summed E-state index contributed by atoms with van der Waals surface area (Å²) in [5.74, 6) is 0.0376. The first kappa shape index (κ1) is 26.2. The summed E-state index contributed by atoms with van der Waals surface area (Å²) in [7, 11) is 0. The van der Waals surface area contributed by atoms with E-state index in [1.54, 1.807) is 30.5 Å². The lowest BCUT2D eigenvalue weighted by atomic mass is 10.1. The molecule has 0 saturated carbocycles. The fourth-order valence-corrected chi connectivity index (χ4v) is 4.40. The Hall–Kier alpha value is -3.92. The van der Waals surface area contributed by atoms with Crippen molar-refractivity contribution in [3.63, 3.8) is 0 Å². The summed E-state index contributed by atoms with van der Waals surface area (Å²) >= 11 is 1.56. The van der Waals surface area contributed by atoms with Gasteiger partial charge in [-0.05, 0) is 55.0 Å². The summed E-state index contributed by atoms with van der Waals surface area (Å²) < 4.78 is 12.2. The molecule has 37 heavy (non-hydrogen) atoms. The normalized spacial score (nSPS) is 13.5. The van der Waals surface area contributed by atoms with Crippen LogP contribution in [0.25, 0.3) is 10.6 Å². The highest BCUT2D eigenvalue weighted by atomic mass is 32.1. The van der Waals surface area contributed by atoms with Gasteiger partial charge in [0.1, 0.15) is 34.5 Å². The number of aliphatic hydroxyl groups is 1. The van der Waals surface area contributed by atoms with E-state index < -0.39 is 18.2 Å². The number of ether oxygens (including phenoxy) is 2. The maximum Gasteiger partial charge on any atom is 0.252 e. The molecule has 0 bridgehead atoms. The van der Waals surface area contributed by atoms with Crippen molar-refractivity contribution in [3.05, 3.63) is 95.5 Å². The third kappa shape index (κ3) is 7.29. The molecule has 0 spiro atoms. The third-order valence-corrected chi connectivity index (χ3v) is 6.45. The lowest BCUT2D eigenvalue weighted by Gasteiger charge is -2.26. The highest BCUT2D eigenvalue weighted by molar-refractivity contribution is 7.13. The minimum absolute atomic E-state index is 0.0182. The average molecular weight is 520 g/mol. The minimum atomic E-state index is -0.814. The number of benzene rings is 3. The maximum absolute atomic E-state index is 11.6. The van der Waals surface area contributed by atoms with Crippen LogP contribution >= 0.6 is 11.3 Å². The number of aliphatic hydroxyl groups excluding tert-OH is 1. The van der Waals surface area contributed by atoms with Gasteiger partial charge in [-0.15, -0.1) is 11.3 Å². The molecule has 0 fully saturated rings. The topological polar surface area (TPSA) is 127 Å². The van der Waals surface area contributed by atoms with Crippen molar-refractivity contribution in [2.75, 3.05) is 6.54 Å². The molecule has 0 aliphatic heterocycles. The molecule has 8 nitrogen and oxygen atoms in total. The van der Waals surface area contributed by atoms with Crippen molar-refractivity contribution in [3.8, 4) is 27.8 Å². The van der Waals surface area contributed by atoms with Crippen LogP contribution < -0.4 is 20.5 Å². The zero-order valence-electron chi connectivity index (χ0n) is 20.3. The number of thiazole rings is 1. The predicted octanol–water partition coefficient (Wildman–Crippen LogP) is 3.98. The first-order chi connectivity index (χ1) is 17.9. The molecule has 4 rings (SSSR count). The molecule has 5 N–H and O–H groups in total. The smallest absolute Gasteiger partial charge is 0.252 e. The third-order valence-electron chi connectivity index (χ3n) is 5.62. The van der Waals surface area contributed by atoms with Crippen LogP contribution in [0.3, 0.4) is 0 Å². The molecule has 192 valence electrons. The second-order valence-corrected chi connectivity index (χ2v) is 9.42. The molecular weight excluding hydrogens is 490 g/mol. The molecule has 3 atom stereocenters. The van der Waals surface area contributed by atoms with Crippen LogP contribution in [0.5, 0.6) is 17.2 Å². The van der Waals surface area contributed by atoms with Crippen LogP contribution in [0, 0.1) is 0 Å². The highest BCUT2D eigenvalue weighted by Crippen LogP contribution is 2.26. The number of aromatic nitrogens is 1. The van der Waals surface area contributed by atoms with E-state index in [9.17, 15) is 15.0 Å². The molecule has 3 aromatic carbocycles. The Morgan fingerprint density at radius 1 is 1.05 bits per heavy atom. The Bertz CT molecular complexity index is 1280. The molecule has 1 heterocycles. The van der Waals surface area contributed by atoms with E-state index >= 15 is 0 Å². The van der Waals surface area contributed by atoms with E-state index in [2.05, 4.69) is 10.3 Å². The Balaban J connectivity index is 1.46. The molecule has 1 aromatic heterocycles. The van der Waals surface area contributed by atoms with Crippen molar-refractivity contribution >= 4 is 17.2 Å². The van der Waals surface area contributed by atoms with Gasteiger partial charge in [0, 0.05) is 30.1 Å². The van der Waals surface area contributed by atoms with E-state index in [-0.39, 0.29) is 17.4 Å². The van der Waals surface area contributed by atoms with Crippen molar-refractivity contribution in [2.45, 2.75) is 31.8 Å².